The van der Waals surface area contributed by atoms with Crippen LogP contribution in [0.3, 0.4) is 0 Å². The van der Waals surface area contributed by atoms with Crippen molar-refractivity contribution >= 4 is 0 Å². The minimum Gasteiger partial charge on any atom is -0.234 e. The number of nitrogens with zero attached hydrogens (tertiary/aromatic N) is 2. The Morgan fingerprint density at radius 2 is 2.58 bits per heavy atom. The molecular formula is C10H9N2. The molecule has 2 heteroatoms. The SMILES string of the molecule is [c]1nccc(C23C=CCC2C3)n1. The predicted octanol–water partition coefficient (Wildman–Crippen LogP) is 1.49. The van der Waals surface area contributed by atoms with Crippen molar-refractivity contribution in [2.24, 2.45) is 5.92 Å². The zero-order valence-electron chi connectivity index (χ0n) is 6.70. The summed E-state index contributed by atoms with van der Waals surface area (Å²) in [6.45, 7) is 0. The zero-order chi connectivity index (χ0) is 8.02. The molecule has 0 bridgehead atoms. The normalized spacial score (nSPS) is 36.5. The number of hydrogen-bond donors (Lipinski definition) is 0. The first-order chi connectivity index (χ1) is 5.92. The number of fused-ring (bicyclic) bond motifs is 1. The molecule has 2 aliphatic rings. The first-order valence-electron chi connectivity index (χ1n) is 4.29. The predicted molar refractivity (Wildman–Crippen MR) is 44.4 cm³/mol. The maximum Gasteiger partial charge on any atom is 0.197 e. The lowest BCUT2D eigenvalue weighted by molar-refractivity contribution is 0.743. The summed E-state index contributed by atoms with van der Waals surface area (Å²) in [6, 6.07) is 2.01. The van der Waals surface area contributed by atoms with Crippen LogP contribution in [-0.4, -0.2) is 9.97 Å². The lowest BCUT2D eigenvalue weighted by Crippen LogP contribution is -2.05. The van der Waals surface area contributed by atoms with Gasteiger partial charge in [0.2, 0.25) is 0 Å². The van der Waals surface area contributed by atoms with Gasteiger partial charge in [0.25, 0.3) is 0 Å². The average molecular weight is 157 g/mol. The fourth-order valence-electron chi connectivity index (χ4n) is 2.21. The standard InChI is InChI=1S/C10H9N2/c1-2-8-6-10(8,4-1)9-3-5-11-7-12-9/h1,3-5,8H,2,6H2. The molecule has 0 amide bonds. The van der Waals surface area contributed by atoms with Gasteiger partial charge in [-0.25, -0.2) is 9.97 Å². The molecule has 3 rings (SSSR count). The molecule has 1 heterocycles. The van der Waals surface area contributed by atoms with Crippen LogP contribution < -0.4 is 0 Å². The highest BCUT2D eigenvalue weighted by Crippen LogP contribution is 2.60. The largest absolute Gasteiger partial charge is 0.234 e. The van der Waals surface area contributed by atoms with Crippen molar-refractivity contribution in [2.45, 2.75) is 18.3 Å². The summed E-state index contributed by atoms with van der Waals surface area (Å²) in [4.78, 5) is 7.99. The Kier molecular flexibility index (Phi) is 1.03. The van der Waals surface area contributed by atoms with Gasteiger partial charge in [0.15, 0.2) is 6.33 Å². The smallest absolute Gasteiger partial charge is 0.197 e. The third kappa shape index (κ3) is 0.649. The lowest BCUT2D eigenvalue weighted by atomic mass is 10.0. The second-order valence-corrected chi connectivity index (χ2v) is 3.62. The molecule has 12 heavy (non-hydrogen) atoms. The maximum atomic E-state index is 4.19. The molecule has 2 unspecified atom stereocenters. The van der Waals surface area contributed by atoms with Gasteiger partial charge in [-0.3, -0.25) is 0 Å². The molecule has 1 saturated carbocycles. The van der Waals surface area contributed by atoms with Gasteiger partial charge in [-0.15, -0.1) is 0 Å². The minimum absolute atomic E-state index is 0.291. The molecule has 0 aliphatic heterocycles. The third-order valence-corrected chi connectivity index (χ3v) is 3.00. The van der Waals surface area contributed by atoms with Gasteiger partial charge in [-0.2, -0.15) is 0 Å². The molecule has 2 atom stereocenters. The number of allylic oxidation sites excluding steroid dienone is 2. The van der Waals surface area contributed by atoms with Gasteiger partial charge in [0.05, 0.1) is 5.69 Å². The van der Waals surface area contributed by atoms with Gasteiger partial charge in [-0.1, -0.05) is 12.2 Å². The van der Waals surface area contributed by atoms with Gasteiger partial charge in [0.1, 0.15) is 0 Å². The van der Waals surface area contributed by atoms with Crippen LogP contribution in [0.2, 0.25) is 0 Å². The quantitative estimate of drug-likeness (QED) is 0.577. The van der Waals surface area contributed by atoms with Crippen LogP contribution >= 0.6 is 0 Å². The Balaban J connectivity index is 2.06. The summed E-state index contributed by atoms with van der Waals surface area (Å²) >= 11 is 0. The van der Waals surface area contributed by atoms with Gasteiger partial charge in [-0.05, 0) is 24.8 Å². The summed E-state index contributed by atoms with van der Waals surface area (Å²) in [5.74, 6) is 0.820. The van der Waals surface area contributed by atoms with Gasteiger partial charge in [0, 0.05) is 11.6 Å². The van der Waals surface area contributed by atoms with Gasteiger partial charge >= 0.3 is 0 Å². The fourth-order valence-corrected chi connectivity index (χ4v) is 2.21. The molecule has 0 N–H and O–H groups in total. The number of rotatable bonds is 1. The molecule has 0 aromatic carbocycles. The zero-order valence-corrected chi connectivity index (χ0v) is 6.70. The molecular weight excluding hydrogens is 148 g/mol. The molecule has 59 valence electrons. The van der Waals surface area contributed by atoms with Crippen LogP contribution in [0.5, 0.6) is 0 Å². The van der Waals surface area contributed by atoms with Crippen LogP contribution in [0.4, 0.5) is 0 Å². The van der Waals surface area contributed by atoms with Crippen LogP contribution in [0.25, 0.3) is 0 Å². The Morgan fingerprint density at radius 3 is 3.17 bits per heavy atom. The molecule has 1 radical (unpaired) electrons. The minimum atomic E-state index is 0.291. The Morgan fingerprint density at radius 1 is 1.58 bits per heavy atom. The Labute approximate surface area is 71.4 Å². The Hall–Kier alpha value is -1.18. The van der Waals surface area contributed by atoms with E-state index >= 15 is 0 Å². The van der Waals surface area contributed by atoms with Crippen LogP contribution in [0.15, 0.2) is 24.4 Å². The van der Waals surface area contributed by atoms with E-state index in [1.54, 1.807) is 6.20 Å². The van der Waals surface area contributed by atoms with E-state index in [0.717, 1.165) is 11.6 Å². The van der Waals surface area contributed by atoms with Crippen molar-refractivity contribution in [2.75, 3.05) is 0 Å². The average Bonchev–Trinajstić information content (AvgIpc) is 2.72. The summed E-state index contributed by atoms with van der Waals surface area (Å²) in [5, 5.41) is 0. The van der Waals surface area contributed by atoms with Crippen molar-refractivity contribution in [3.05, 3.63) is 36.4 Å². The summed E-state index contributed by atoms with van der Waals surface area (Å²) in [6.07, 6.45) is 11.5. The molecule has 0 spiro atoms. The van der Waals surface area contributed by atoms with E-state index in [-0.39, 0.29) is 0 Å². The molecule has 2 aliphatic carbocycles. The van der Waals surface area contributed by atoms with Crippen molar-refractivity contribution in [1.29, 1.82) is 0 Å². The highest BCUT2D eigenvalue weighted by molar-refractivity contribution is 5.38. The van der Waals surface area contributed by atoms with E-state index in [1.165, 1.54) is 12.8 Å². The van der Waals surface area contributed by atoms with E-state index in [0.29, 0.717) is 5.41 Å². The first-order valence-corrected chi connectivity index (χ1v) is 4.29. The van der Waals surface area contributed by atoms with Crippen LogP contribution in [0.1, 0.15) is 18.5 Å². The molecule has 1 aromatic rings. The first kappa shape index (κ1) is 6.35. The summed E-state index contributed by atoms with van der Waals surface area (Å²) < 4.78 is 0. The van der Waals surface area contributed by atoms with Crippen molar-refractivity contribution < 1.29 is 0 Å². The third-order valence-electron chi connectivity index (χ3n) is 3.00. The van der Waals surface area contributed by atoms with Crippen molar-refractivity contribution in [3.63, 3.8) is 0 Å². The molecule has 1 fully saturated rings. The van der Waals surface area contributed by atoms with Crippen LogP contribution in [0, 0.1) is 12.2 Å². The highest BCUT2D eigenvalue weighted by atomic mass is 14.8. The molecule has 1 aromatic heterocycles. The summed E-state index contributed by atoms with van der Waals surface area (Å²) in [5.41, 5.74) is 1.44. The van der Waals surface area contributed by atoms with Crippen molar-refractivity contribution in [1.82, 2.24) is 9.97 Å². The molecule has 2 nitrogen and oxygen atoms in total. The van der Waals surface area contributed by atoms with Crippen LogP contribution in [-0.2, 0) is 5.41 Å². The van der Waals surface area contributed by atoms with E-state index in [1.807, 2.05) is 6.07 Å². The lowest BCUT2D eigenvalue weighted by Gasteiger charge is -2.06. The van der Waals surface area contributed by atoms with E-state index in [4.69, 9.17) is 0 Å². The van der Waals surface area contributed by atoms with E-state index in [9.17, 15) is 0 Å². The van der Waals surface area contributed by atoms with E-state index in [2.05, 4.69) is 28.4 Å². The monoisotopic (exact) mass is 157 g/mol. The topological polar surface area (TPSA) is 25.8 Å². The highest BCUT2D eigenvalue weighted by Gasteiger charge is 2.56. The van der Waals surface area contributed by atoms with E-state index < -0.39 is 0 Å². The second kappa shape index (κ2) is 1.94. The number of aromatic nitrogens is 2. The molecule has 0 saturated heterocycles. The Bertz CT molecular complexity index is 331. The number of hydrogen-bond acceptors (Lipinski definition) is 2. The summed E-state index contributed by atoms with van der Waals surface area (Å²) in [7, 11) is 0. The second-order valence-electron chi connectivity index (χ2n) is 3.62. The van der Waals surface area contributed by atoms with Crippen molar-refractivity contribution in [3.8, 4) is 0 Å². The fraction of sp³-hybridized carbons (Fsp3) is 0.400. The van der Waals surface area contributed by atoms with Gasteiger partial charge < -0.3 is 0 Å². The maximum absolute atomic E-state index is 4.19.